The fraction of sp³-hybridized carbons (Fsp3) is 0.533. The summed E-state index contributed by atoms with van der Waals surface area (Å²) >= 11 is 0. The van der Waals surface area contributed by atoms with Gasteiger partial charge in [0.05, 0.1) is 11.5 Å². The molecule has 0 radical (unpaired) electrons. The highest BCUT2D eigenvalue weighted by molar-refractivity contribution is 5.36. The van der Waals surface area contributed by atoms with Crippen molar-refractivity contribution in [2.24, 2.45) is 5.41 Å². The SMILES string of the molecule is CCOCCCC1(C#N)Cc2ccccc2C1. The lowest BCUT2D eigenvalue weighted by Crippen LogP contribution is -2.19. The first-order valence-electron chi connectivity index (χ1n) is 6.35. The van der Waals surface area contributed by atoms with E-state index < -0.39 is 0 Å². The van der Waals surface area contributed by atoms with Gasteiger partial charge in [-0.2, -0.15) is 5.26 Å². The fourth-order valence-corrected chi connectivity index (χ4v) is 2.66. The Hall–Kier alpha value is -1.33. The highest BCUT2D eigenvalue weighted by Gasteiger charge is 2.36. The lowest BCUT2D eigenvalue weighted by atomic mass is 9.82. The topological polar surface area (TPSA) is 33.0 Å². The van der Waals surface area contributed by atoms with E-state index in [9.17, 15) is 5.26 Å². The Morgan fingerprint density at radius 3 is 2.47 bits per heavy atom. The number of nitriles is 1. The van der Waals surface area contributed by atoms with E-state index in [1.807, 2.05) is 6.92 Å². The molecular formula is C15H19NO. The van der Waals surface area contributed by atoms with Crippen molar-refractivity contribution in [1.29, 1.82) is 5.26 Å². The quantitative estimate of drug-likeness (QED) is 0.727. The summed E-state index contributed by atoms with van der Waals surface area (Å²) in [5, 5.41) is 9.45. The molecule has 90 valence electrons. The van der Waals surface area contributed by atoms with E-state index in [0.29, 0.717) is 0 Å². The van der Waals surface area contributed by atoms with Crippen LogP contribution < -0.4 is 0 Å². The summed E-state index contributed by atoms with van der Waals surface area (Å²) in [6.45, 7) is 3.54. The van der Waals surface area contributed by atoms with Gasteiger partial charge in [0.2, 0.25) is 0 Å². The smallest absolute Gasteiger partial charge is 0.0696 e. The molecule has 1 aliphatic carbocycles. The molecule has 0 heterocycles. The van der Waals surface area contributed by atoms with E-state index in [-0.39, 0.29) is 5.41 Å². The molecule has 0 unspecified atom stereocenters. The average Bonchev–Trinajstić information content (AvgIpc) is 2.74. The summed E-state index contributed by atoms with van der Waals surface area (Å²) in [6, 6.07) is 11.0. The molecular weight excluding hydrogens is 210 g/mol. The molecule has 1 aromatic rings. The van der Waals surface area contributed by atoms with Crippen LogP contribution in [-0.2, 0) is 17.6 Å². The van der Waals surface area contributed by atoms with E-state index in [4.69, 9.17) is 4.74 Å². The summed E-state index contributed by atoms with van der Waals surface area (Å²) in [7, 11) is 0. The third-order valence-electron chi connectivity index (χ3n) is 3.56. The Morgan fingerprint density at radius 1 is 1.29 bits per heavy atom. The Labute approximate surface area is 103 Å². The van der Waals surface area contributed by atoms with E-state index in [1.54, 1.807) is 0 Å². The van der Waals surface area contributed by atoms with Gasteiger partial charge in [-0.3, -0.25) is 0 Å². The number of hydrogen-bond acceptors (Lipinski definition) is 2. The number of benzene rings is 1. The number of hydrogen-bond donors (Lipinski definition) is 0. The van der Waals surface area contributed by atoms with Crippen LogP contribution >= 0.6 is 0 Å². The van der Waals surface area contributed by atoms with Crippen LogP contribution in [0.3, 0.4) is 0 Å². The van der Waals surface area contributed by atoms with Crippen LogP contribution in [0.25, 0.3) is 0 Å². The van der Waals surface area contributed by atoms with E-state index >= 15 is 0 Å². The van der Waals surface area contributed by atoms with Gasteiger partial charge in [0.15, 0.2) is 0 Å². The molecule has 2 heteroatoms. The minimum atomic E-state index is -0.180. The van der Waals surface area contributed by atoms with Crippen molar-refractivity contribution in [2.75, 3.05) is 13.2 Å². The predicted molar refractivity (Wildman–Crippen MR) is 67.6 cm³/mol. The van der Waals surface area contributed by atoms with Crippen molar-refractivity contribution < 1.29 is 4.74 Å². The minimum absolute atomic E-state index is 0.180. The van der Waals surface area contributed by atoms with Gasteiger partial charge in [-0.25, -0.2) is 0 Å². The van der Waals surface area contributed by atoms with Crippen molar-refractivity contribution in [3.8, 4) is 6.07 Å². The van der Waals surface area contributed by atoms with Gasteiger partial charge in [-0.1, -0.05) is 24.3 Å². The van der Waals surface area contributed by atoms with Gasteiger partial charge in [0.25, 0.3) is 0 Å². The molecule has 0 amide bonds. The summed E-state index contributed by atoms with van der Waals surface area (Å²) in [4.78, 5) is 0. The maximum absolute atomic E-state index is 9.45. The minimum Gasteiger partial charge on any atom is -0.382 e. The van der Waals surface area contributed by atoms with Crippen molar-refractivity contribution >= 4 is 0 Å². The van der Waals surface area contributed by atoms with Gasteiger partial charge in [0, 0.05) is 13.2 Å². The lowest BCUT2D eigenvalue weighted by Gasteiger charge is -2.19. The summed E-state index contributed by atoms with van der Waals surface area (Å²) < 4.78 is 5.35. The zero-order chi connectivity index (χ0) is 12.1. The molecule has 0 bridgehead atoms. The second-order valence-corrected chi connectivity index (χ2v) is 4.81. The molecule has 0 atom stereocenters. The normalized spacial score (nSPS) is 16.5. The Balaban J connectivity index is 1.98. The molecule has 1 aromatic carbocycles. The molecule has 0 aliphatic heterocycles. The fourth-order valence-electron chi connectivity index (χ4n) is 2.66. The first kappa shape index (κ1) is 12.1. The summed E-state index contributed by atoms with van der Waals surface area (Å²) in [5.41, 5.74) is 2.52. The Morgan fingerprint density at radius 2 is 1.94 bits per heavy atom. The molecule has 0 aromatic heterocycles. The molecule has 17 heavy (non-hydrogen) atoms. The molecule has 0 fully saturated rings. The average molecular weight is 229 g/mol. The summed E-state index contributed by atoms with van der Waals surface area (Å²) in [5.74, 6) is 0. The Kier molecular flexibility index (Phi) is 3.81. The zero-order valence-electron chi connectivity index (χ0n) is 10.4. The van der Waals surface area contributed by atoms with Crippen LogP contribution in [0.4, 0.5) is 0 Å². The van der Waals surface area contributed by atoms with Gasteiger partial charge >= 0.3 is 0 Å². The molecule has 2 rings (SSSR count). The third-order valence-corrected chi connectivity index (χ3v) is 3.56. The van der Waals surface area contributed by atoms with Crippen molar-refractivity contribution in [2.45, 2.75) is 32.6 Å². The first-order chi connectivity index (χ1) is 8.29. The second kappa shape index (κ2) is 5.33. The molecule has 0 N–H and O–H groups in total. The van der Waals surface area contributed by atoms with Crippen molar-refractivity contribution in [3.63, 3.8) is 0 Å². The van der Waals surface area contributed by atoms with E-state index in [0.717, 1.165) is 38.9 Å². The standard InChI is InChI=1S/C15H19NO/c1-2-17-9-5-8-15(12-16)10-13-6-3-4-7-14(13)11-15/h3-4,6-7H,2,5,8-11H2,1H3. The van der Waals surface area contributed by atoms with Crippen LogP contribution in [0.15, 0.2) is 24.3 Å². The molecule has 0 spiro atoms. The van der Waals surface area contributed by atoms with Crippen LogP contribution in [0, 0.1) is 16.7 Å². The number of fused-ring (bicyclic) bond motifs is 1. The number of rotatable bonds is 5. The van der Waals surface area contributed by atoms with Gasteiger partial charge in [0.1, 0.15) is 0 Å². The van der Waals surface area contributed by atoms with Crippen LogP contribution in [0.2, 0.25) is 0 Å². The zero-order valence-corrected chi connectivity index (χ0v) is 10.4. The maximum Gasteiger partial charge on any atom is 0.0696 e. The van der Waals surface area contributed by atoms with Crippen molar-refractivity contribution in [3.05, 3.63) is 35.4 Å². The van der Waals surface area contributed by atoms with E-state index in [1.165, 1.54) is 11.1 Å². The number of ether oxygens (including phenoxy) is 1. The van der Waals surface area contributed by atoms with Gasteiger partial charge < -0.3 is 4.74 Å². The predicted octanol–water partition coefficient (Wildman–Crippen LogP) is 3.11. The molecule has 1 aliphatic rings. The van der Waals surface area contributed by atoms with Gasteiger partial charge in [-0.15, -0.1) is 0 Å². The highest BCUT2D eigenvalue weighted by Crippen LogP contribution is 2.39. The first-order valence-corrected chi connectivity index (χ1v) is 6.35. The van der Waals surface area contributed by atoms with Gasteiger partial charge in [-0.05, 0) is 43.7 Å². The molecule has 0 saturated carbocycles. The van der Waals surface area contributed by atoms with Crippen LogP contribution in [0.5, 0.6) is 0 Å². The second-order valence-electron chi connectivity index (χ2n) is 4.81. The van der Waals surface area contributed by atoms with E-state index in [2.05, 4.69) is 30.3 Å². The highest BCUT2D eigenvalue weighted by atomic mass is 16.5. The Bertz CT molecular complexity index is 394. The molecule has 0 saturated heterocycles. The van der Waals surface area contributed by atoms with Crippen LogP contribution in [-0.4, -0.2) is 13.2 Å². The lowest BCUT2D eigenvalue weighted by molar-refractivity contribution is 0.135. The van der Waals surface area contributed by atoms with Crippen molar-refractivity contribution in [1.82, 2.24) is 0 Å². The monoisotopic (exact) mass is 229 g/mol. The summed E-state index contributed by atoms with van der Waals surface area (Å²) in [6.07, 6.45) is 3.74. The maximum atomic E-state index is 9.45. The largest absolute Gasteiger partial charge is 0.382 e. The number of nitrogens with zero attached hydrogens (tertiary/aromatic N) is 1. The molecule has 2 nitrogen and oxygen atoms in total. The van der Waals surface area contributed by atoms with Crippen LogP contribution in [0.1, 0.15) is 30.9 Å². The third kappa shape index (κ3) is 2.68.